The van der Waals surface area contributed by atoms with Crippen molar-refractivity contribution in [3.63, 3.8) is 0 Å². The largest absolute Gasteiger partial charge is 0.344 e. The van der Waals surface area contributed by atoms with E-state index in [2.05, 4.69) is 60.8 Å². The molecule has 1 amide bonds. The predicted molar refractivity (Wildman–Crippen MR) is 110 cm³/mol. The second-order valence-corrected chi connectivity index (χ2v) is 7.29. The molecule has 1 N–H and O–H groups in total. The van der Waals surface area contributed by atoms with Crippen LogP contribution in [0.25, 0.3) is 0 Å². The molecule has 0 aliphatic heterocycles. The molecular weight excluding hydrogens is 338 g/mol. The molecule has 0 unspecified atom stereocenters. The van der Waals surface area contributed by atoms with Gasteiger partial charge in [0, 0.05) is 5.75 Å². The summed E-state index contributed by atoms with van der Waals surface area (Å²) < 4.78 is 0. The molecule has 2 nitrogen and oxygen atoms in total. The van der Waals surface area contributed by atoms with E-state index in [1.165, 1.54) is 11.1 Å². The Bertz CT molecular complexity index is 794. The second kappa shape index (κ2) is 9.25. The Morgan fingerprint density at radius 3 is 2.08 bits per heavy atom. The van der Waals surface area contributed by atoms with Crippen molar-refractivity contribution >= 4 is 17.7 Å². The van der Waals surface area contributed by atoms with Crippen molar-refractivity contribution < 1.29 is 4.79 Å². The van der Waals surface area contributed by atoms with Gasteiger partial charge in [-0.05, 0) is 23.6 Å². The van der Waals surface area contributed by atoms with Crippen molar-refractivity contribution in [2.24, 2.45) is 0 Å². The van der Waals surface area contributed by atoms with Crippen LogP contribution in [-0.4, -0.2) is 11.7 Å². The van der Waals surface area contributed by atoms with E-state index in [-0.39, 0.29) is 11.9 Å². The van der Waals surface area contributed by atoms with Crippen LogP contribution in [0.1, 0.15) is 28.3 Å². The van der Waals surface area contributed by atoms with Gasteiger partial charge in [-0.2, -0.15) is 0 Å². The summed E-state index contributed by atoms with van der Waals surface area (Å²) in [6, 6.07) is 28.5. The van der Waals surface area contributed by atoms with Crippen molar-refractivity contribution in [1.29, 1.82) is 0 Å². The van der Waals surface area contributed by atoms with Crippen LogP contribution in [0.15, 0.2) is 84.9 Å². The number of hydrogen-bond donors (Lipinski definition) is 1. The van der Waals surface area contributed by atoms with E-state index in [9.17, 15) is 4.79 Å². The predicted octanol–water partition coefficient (Wildman–Crippen LogP) is 5.13. The number of rotatable bonds is 7. The minimum Gasteiger partial charge on any atom is -0.344 e. The monoisotopic (exact) mass is 361 g/mol. The van der Waals surface area contributed by atoms with Crippen LogP contribution in [0.5, 0.6) is 0 Å². The number of carbonyl (C=O) groups is 1. The molecule has 132 valence electrons. The van der Waals surface area contributed by atoms with Crippen molar-refractivity contribution in [3.05, 3.63) is 107 Å². The van der Waals surface area contributed by atoms with Crippen molar-refractivity contribution in [2.45, 2.75) is 18.7 Å². The smallest absolute Gasteiger partial charge is 0.230 e. The second-order valence-electron chi connectivity index (χ2n) is 6.30. The van der Waals surface area contributed by atoms with E-state index >= 15 is 0 Å². The van der Waals surface area contributed by atoms with Gasteiger partial charge in [0.05, 0.1) is 11.8 Å². The SMILES string of the molecule is Cc1cccc(CSCC(=O)NC(c2ccccc2)c2ccccc2)c1. The van der Waals surface area contributed by atoms with Crippen molar-refractivity contribution in [3.8, 4) is 0 Å². The summed E-state index contributed by atoms with van der Waals surface area (Å²) in [5.74, 6) is 1.35. The third kappa shape index (κ3) is 5.24. The summed E-state index contributed by atoms with van der Waals surface area (Å²) in [6.45, 7) is 2.09. The van der Waals surface area contributed by atoms with E-state index in [0.717, 1.165) is 16.9 Å². The maximum atomic E-state index is 12.5. The van der Waals surface area contributed by atoms with Crippen LogP contribution in [0.2, 0.25) is 0 Å². The molecule has 0 radical (unpaired) electrons. The molecule has 0 bridgehead atoms. The highest BCUT2D eigenvalue weighted by Gasteiger charge is 2.16. The first-order valence-corrected chi connectivity index (χ1v) is 9.90. The number of aryl methyl sites for hydroxylation is 1. The third-order valence-corrected chi connectivity index (χ3v) is 5.16. The third-order valence-electron chi connectivity index (χ3n) is 4.16. The zero-order valence-corrected chi connectivity index (χ0v) is 15.7. The maximum absolute atomic E-state index is 12.5. The van der Waals surface area contributed by atoms with E-state index in [0.29, 0.717) is 5.75 Å². The highest BCUT2D eigenvalue weighted by molar-refractivity contribution is 7.99. The highest BCUT2D eigenvalue weighted by Crippen LogP contribution is 2.22. The fourth-order valence-electron chi connectivity index (χ4n) is 2.92. The molecule has 0 atom stereocenters. The average Bonchev–Trinajstić information content (AvgIpc) is 2.67. The van der Waals surface area contributed by atoms with Gasteiger partial charge in [-0.1, -0.05) is 90.5 Å². The number of nitrogens with one attached hydrogen (secondary N) is 1. The fourth-order valence-corrected chi connectivity index (χ4v) is 3.70. The number of hydrogen-bond acceptors (Lipinski definition) is 2. The summed E-state index contributed by atoms with van der Waals surface area (Å²) in [7, 11) is 0. The normalized spacial score (nSPS) is 10.7. The maximum Gasteiger partial charge on any atom is 0.230 e. The Balaban J connectivity index is 1.62. The van der Waals surface area contributed by atoms with Crippen LogP contribution < -0.4 is 5.32 Å². The van der Waals surface area contributed by atoms with Gasteiger partial charge in [0.25, 0.3) is 0 Å². The first kappa shape index (κ1) is 18.3. The van der Waals surface area contributed by atoms with Crippen LogP contribution in [0.3, 0.4) is 0 Å². The molecule has 26 heavy (non-hydrogen) atoms. The van der Waals surface area contributed by atoms with E-state index in [1.54, 1.807) is 11.8 Å². The summed E-state index contributed by atoms with van der Waals surface area (Å²) in [5.41, 5.74) is 4.69. The lowest BCUT2D eigenvalue weighted by Crippen LogP contribution is -2.30. The molecule has 3 heteroatoms. The van der Waals surface area contributed by atoms with Crippen molar-refractivity contribution in [1.82, 2.24) is 5.32 Å². The average molecular weight is 362 g/mol. The Hall–Kier alpha value is -2.52. The standard InChI is InChI=1S/C23H23NOS/c1-18-9-8-10-19(15-18)16-26-17-22(25)24-23(20-11-4-2-5-12-20)21-13-6-3-7-14-21/h2-15,23H,16-17H2,1H3,(H,24,25). The molecule has 0 spiro atoms. The summed E-state index contributed by atoms with van der Waals surface area (Å²) in [4.78, 5) is 12.5. The van der Waals surface area contributed by atoms with Gasteiger partial charge in [-0.3, -0.25) is 4.79 Å². The number of thioether (sulfide) groups is 1. The molecular formula is C23H23NOS. The quantitative estimate of drug-likeness (QED) is 0.632. The molecule has 3 aromatic carbocycles. The Morgan fingerprint density at radius 2 is 1.50 bits per heavy atom. The lowest BCUT2D eigenvalue weighted by atomic mass is 9.99. The van der Waals surface area contributed by atoms with Gasteiger partial charge < -0.3 is 5.32 Å². The molecule has 0 saturated carbocycles. The molecule has 0 heterocycles. The number of amides is 1. The summed E-state index contributed by atoms with van der Waals surface area (Å²) in [5, 5.41) is 3.19. The van der Waals surface area contributed by atoms with E-state index in [4.69, 9.17) is 0 Å². The number of carbonyl (C=O) groups excluding carboxylic acids is 1. The molecule has 3 rings (SSSR count). The van der Waals surface area contributed by atoms with Crippen LogP contribution in [0, 0.1) is 6.92 Å². The molecule has 0 saturated heterocycles. The Kier molecular flexibility index (Phi) is 6.50. The van der Waals surface area contributed by atoms with Crippen LogP contribution in [-0.2, 0) is 10.5 Å². The van der Waals surface area contributed by atoms with Crippen molar-refractivity contribution in [2.75, 3.05) is 5.75 Å². The lowest BCUT2D eigenvalue weighted by molar-refractivity contribution is -0.119. The van der Waals surface area contributed by atoms with E-state index < -0.39 is 0 Å². The molecule has 3 aromatic rings. The first-order chi connectivity index (χ1) is 12.7. The van der Waals surface area contributed by atoms with Gasteiger partial charge in [0.1, 0.15) is 0 Å². The van der Waals surface area contributed by atoms with Gasteiger partial charge in [-0.15, -0.1) is 11.8 Å². The molecule has 0 aliphatic rings. The zero-order valence-electron chi connectivity index (χ0n) is 14.9. The van der Waals surface area contributed by atoms with Gasteiger partial charge in [-0.25, -0.2) is 0 Å². The van der Waals surface area contributed by atoms with Gasteiger partial charge in [0.2, 0.25) is 5.91 Å². The molecule has 0 aromatic heterocycles. The lowest BCUT2D eigenvalue weighted by Gasteiger charge is -2.20. The summed E-state index contributed by atoms with van der Waals surface area (Å²) in [6.07, 6.45) is 0. The van der Waals surface area contributed by atoms with Gasteiger partial charge >= 0.3 is 0 Å². The highest BCUT2D eigenvalue weighted by atomic mass is 32.2. The Morgan fingerprint density at radius 1 is 0.885 bits per heavy atom. The van der Waals surface area contributed by atoms with Crippen LogP contribution in [0.4, 0.5) is 0 Å². The Labute approximate surface area is 159 Å². The molecule has 0 fully saturated rings. The summed E-state index contributed by atoms with van der Waals surface area (Å²) >= 11 is 1.64. The van der Waals surface area contributed by atoms with E-state index in [1.807, 2.05) is 36.4 Å². The minimum atomic E-state index is -0.121. The number of benzene rings is 3. The minimum absolute atomic E-state index is 0.0559. The first-order valence-electron chi connectivity index (χ1n) is 8.75. The fraction of sp³-hybridized carbons (Fsp3) is 0.174. The van der Waals surface area contributed by atoms with Crippen LogP contribution >= 0.6 is 11.8 Å². The van der Waals surface area contributed by atoms with Gasteiger partial charge in [0.15, 0.2) is 0 Å². The zero-order chi connectivity index (χ0) is 18.2. The topological polar surface area (TPSA) is 29.1 Å². The molecule has 0 aliphatic carbocycles.